The zero-order valence-corrected chi connectivity index (χ0v) is 28.2. The Morgan fingerprint density at radius 1 is 0.696 bits per heavy atom. The molecule has 2 saturated carbocycles. The monoisotopic (exact) mass is 668 g/mol. The van der Waals surface area contributed by atoms with Crippen LogP contribution in [-0.4, -0.2) is 26.5 Å². The van der Waals surface area contributed by atoms with E-state index >= 15 is 0 Å². The highest BCUT2D eigenvalue weighted by atomic mass is 35.5. The molecule has 6 aromatic rings. The predicted molar refractivity (Wildman–Crippen MR) is 193 cm³/mol. The van der Waals surface area contributed by atoms with Gasteiger partial charge >= 0.3 is 0 Å². The number of thiophene rings is 2. The molecule has 4 atom stereocenters. The minimum Gasteiger partial charge on any atom is -0.481 e. The van der Waals surface area contributed by atoms with Crippen LogP contribution in [0.25, 0.3) is 21.5 Å². The van der Waals surface area contributed by atoms with E-state index in [0.29, 0.717) is 5.92 Å². The molecule has 2 fully saturated rings. The minimum atomic E-state index is -0.529. The molecule has 0 unspecified atom stereocenters. The second kappa shape index (κ2) is 13.5. The van der Waals surface area contributed by atoms with Crippen LogP contribution >= 0.6 is 35.1 Å². The summed E-state index contributed by atoms with van der Waals surface area (Å²) in [5.74, 6) is 2.27. The van der Waals surface area contributed by atoms with E-state index in [1.165, 1.54) is 15.6 Å². The van der Waals surface area contributed by atoms with Crippen LogP contribution in [0.15, 0.2) is 120 Å². The summed E-state index contributed by atoms with van der Waals surface area (Å²) in [4.78, 5) is 14.6. The molecule has 0 aliphatic heterocycles. The molecule has 2 aliphatic rings. The Hall–Kier alpha value is -3.88. The number of rotatable bonds is 9. The van der Waals surface area contributed by atoms with Gasteiger partial charge in [-0.2, -0.15) is 0 Å². The van der Waals surface area contributed by atoms with Crippen molar-refractivity contribution < 1.29 is 14.3 Å². The molecule has 0 saturated heterocycles. The first-order chi connectivity index (χ1) is 22.1. The van der Waals surface area contributed by atoms with E-state index in [4.69, 9.17) is 9.47 Å². The molecule has 5 nitrogen and oxygen atoms in total. The average molecular weight is 669 g/mol. The number of hydrogen-bond acceptors (Lipinski definition) is 6. The van der Waals surface area contributed by atoms with Crippen molar-refractivity contribution in [2.75, 3.05) is 20.6 Å². The molecular formula is C38H37ClN2O3S2. The topological polar surface area (TPSA) is 59.6 Å². The molecule has 2 N–H and O–H groups in total. The first-order valence-electron chi connectivity index (χ1n) is 15.4. The van der Waals surface area contributed by atoms with E-state index in [0.717, 1.165) is 46.5 Å². The van der Waals surface area contributed by atoms with Gasteiger partial charge in [0.05, 0.1) is 5.92 Å². The number of benzene rings is 4. The van der Waals surface area contributed by atoms with Crippen LogP contribution in [0.4, 0.5) is 0 Å². The van der Waals surface area contributed by atoms with E-state index in [-0.39, 0.29) is 29.8 Å². The lowest BCUT2D eigenvalue weighted by Crippen LogP contribution is -2.28. The van der Waals surface area contributed by atoms with Crippen LogP contribution in [0.5, 0.6) is 11.5 Å². The van der Waals surface area contributed by atoms with Gasteiger partial charge in [-0.15, -0.1) is 35.1 Å². The second-order valence-corrected chi connectivity index (χ2v) is 13.6. The van der Waals surface area contributed by atoms with Crippen molar-refractivity contribution in [1.82, 2.24) is 10.6 Å². The SMILES string of the molecule is CNC(=O)[C@H]1C[C@@]1(Oc1cccc2ccccc12)c1cccs1.CNC[C@H]1C[C@@]1(Oc1cccc2ccccc12)c1cccs1.Cl. The highest BCUT2D eigenvalue weighted by Crippen LogP contribution is 2.58. The fourth-order valence-corrected chi connectivity index (χ4v) is 8.31. The molecule has 0 bridgehead atoms. The second-order valence-electron chi connectivity index (χ2n) is 11.7. The summed E-state index contributed by atoms with van der Waals surface area (Å²) in [7, 11) is 3.69. The number of halogens is 1. The van der Waals surface area contributed by atoms with Crippen LogP contribution in [0.3, 0.4) is 0 Å². The number of carbonyl (C=O) groups is 1. The summed E-state index contributed by atoms with van der Waals surface area (Å²) >= 11 is 3.44. The maximum Gasteiger partial charge on any atom is 0.227 e. The Morgan fingerprint density at radius 2 is 1.22 bits per heavy atom. The van der Waals surface area contributed by atoms with Gasteiger partial charge in [-0.3, -0.25) is 4.79 Å². The van der Waals surface area contributed by atoms with Crippen LogP contribution in [0.1, 0.15) is 22.6 Å². The van der Waals surface area contributed by atoms with Crippen molar-refractivity contribution in [3.05, 3.63) is 130 Å². The van der Waals surface area contributed by atoms with E-state index in [1.54, 1.807) is 29.7 Å². The van der Waals surface area contributed by atoms with E-state index in [2.05, 4.69) is 94.9 Å². The van der Waals surface area contributed by atoms with Gasteiger partial charge in [0.25, 0.3) is 0 Å². The minimum absolute atomic E-state index is 0. The first-order valence-corrected chi connectivity index (χ1v) is 17.1. The fourth-order valence-electron chi connectivity index (χ4n) is 6.43. The first kappa shape index (κ1) is 32.1. The molecule has 2 heterocycles. The molecule has 1 amide bonds. The molecule has 0 spiro atoms. The Labute approximate surface area is 284 Å². The van der Waals surface area contributed by atoms with Gasteiger partial charge in [-0.25, -0.2) is 0 Å². The van der Waals surface area contributed by atoms with Gasteiger partial charge in [0, 0.05) is 52.9 Å². The predicted octanol–water partition coefficient (Wildman–Crippen LogP) is 8.78. The van der Waals surface area contributed by atoms with Crippen LogP contribution in [0.2, 0.25) is 0 Å². The van der Waals surface area contributed by atoms with E-state index in [1.807, 2.05) is 42.8 Å². The standard InChI is InChI=1S/C19H17NO2S.C19H19NOS.ClH/c1-20-18(21)15-12-19(15,17-10-5-11-23-17)22-16-9-4-7-13-6-2-3-8-14(13)16;1-20-13-15-12-19(15,18-10-5-11-22-18)21-17-9-4-7-14-6-2-3-8-16(14)17;/h2-11,15H,12H2,1H3,(H,20,21);2-11,15,20H,12-13H2,1H3;1H/t2*15-,19+;/m11./s1. The highest BCUT2D eigenvalue weighted by molar-refractivity contribution is 7.10. The van der Waals surface area contributed by atoms with Crippen molar-refractivity contribution in [1.29, 1.82) is 0 Å². The smallest absolute Gasteiger partial charge is 0.227 e. The van der Waals surface area contributed by atoms with Gasteiger partial charge in [-0.05, 0) is 52.8 Å². The van der Waals surface area contributed by atoms with Crippen molar-refractivity contribution in [3.63, 3.8) is 0 Å². The molecule has 46 heavy (non-hydrogen) atoms. The van der Waals surface area contributed by atoms with E-state index in [9.17, 15) is 4.79 Å². The van der Waals surface area contributed by atoms with Crippen molar-refractivity contribution >= 4 is 62.5 Å². The molecule has 4 aromatic carbocycles. The quantitative estimate of drug-likeness (QED) is 0.162. The maximum atomic E-state index is 12.2. The summed E-state index contributed by atoms with van der Waals surface area (Å²) in [6.07, 6.45) is 1.80. The van der Waals surface area contributed by atoms with Crippen molar-refractivity contribution in [2.45, 2.75) is 24.0 Å². The van der Waals surface area contributed by atoms with Gasteiger partial charge < -0.3 is 20.1 Å². The summed E-state index contributed by atoms with van der Waals surface area (Å²) < 4.78 is 13.1. The van der Waals surface area contributed by atoms with Crippen LogP contribution < -0.4 is 20.1 Å². The molecule has 236 valence electrons. The lowest BCUT2D eigenvalue weighted by Gasteiger charge is -2.20. The van der Waals surface area contributed by atoms with Gasteiger partial charge in [0.2, 0.25) is 5.91 Å². The third-order valence-corrected chi connectivity index (χ3v) is 11.0. The van der Waals surface area contributed by atoms with E-state index < -0.39 is 5.60 Å². The normalized spacial score (nSPS) is 22.7. The molecule has 8 heteroatoms. The summed E-state index contributed by atoms with van der Waals surface area (Å²) in [6, 6.07) is 37.3. The molecule has 2 aromatic heterocycles. The van der Waals surface area contributed by atoms with Gasteiger partial charge in [0.15, 0.2) is 5.60 Å². The van der Waals surface area contributed by atoms with Gasteiger partial charge in [-0.1, -0.05) is 84.9 Å². The number of ether oxygens (including phenoxy) is 2. The molecule has 0 radical (unpaired) electrons. The fraction of sp³-hybridized carbons (Fsp3) is 0.237. The summed E-state index contributed by atoms with van der Waals surface area (Å²) in [6.45, 7) is 0.989. The zero-order chi connectivity index (χ0) is 30.9. The Bertz CT molecular complexity index is 1920. The number of hydrogen-bond donors (Lipinski definition) is 2. The lowest BCUT2D eigenvalue weighted by molar-refractivity contribution is -0.123. The zero-order valence-electron chi connectivity index (χ0n) is 25.8. The van der Waals surface area contributed by atoms with Crippen LogP contribution in [-0.2, 0) is 16.0 Å². The van der Waals surface area contributed by atoms with Crippen molar-refractivity contribution in [2.24, 2.45) is 11.8 Å². The van der Waals surface area contributed by atoms with Crippen LogP contribution in [0, 0.1) is 11.8 Å². The molecular weight excluding hydrogens is 632 g/mol. The molecule has 8 rings (SSSR count). The lowest BCUT2D eigenvalue weighted by atomic mass is 10.1. The molecule has 2 aliphatic carbocycles. The number of carbonyl (C=O) groups excluding carboxylic acids is 1. The van der Waals surface area contributed by atoms with Gasteiger partial charge in [0.1, 0.15) is 17.1 Å². The Balaban J connectivity index is 0.000000158. The summed E-state index contributed by atoms with van der Waals surface area (Å²) in [5.41, 5.74) is -0.681. The third-order valence-electron chi connectivity index (χ3n) is 8.93. The number of nitrogens with one attached hydrogen (secondary N) is 2. The Kier molecular flexibility index (Phi) is 9.39. The highest BCUT2D eigenvalue weighted by Gasteiger charge is 2.63. The Morgan fingerprint density at radius 3 is 1.74 bits per heavy atom. The third kappa shape index (κ3) is 6.00. The van der Waals surface area contributed by atoms with Crippen molar-refractivity contribution in [3.8, 4) is 11.5 Å². The number of amides is 1. The number of fused-ring (bicyclic) bond motifs is 2. The summed E-state index contributed by atoms with van der Waals surface area (Å²) in [5, 5.41) is 14.9. The largest absolute Gasteiger partial charge is 0.481 e. The average Bonchev–Trinajstić information content (AvgIpc) is 3.69. The maximum absolute atomic E-state index is 12.2.